The number of hydrogen-bond acceptors (Lipinski definition) is 6. The third-order valence-electron chi connectivity index (χ3n) is 4.45. The van der Waals surface area contributed by atoms with E-state index in [9.17, 15) is 9.59 Å². The van der Waals surface area contributed by atoms with E-state index in [2.05, 4.69) is 4.98 Å². The standard InChI is InChI=1S/C20H17ClN2O4S/c21-18-6-5-17(28-18)16-11-14(13-3-1-2-4-15(13)22-16)20(25)27-12-19(24)23-7-9-26-10-8-23/h1-6,11H,7-10,12H2. The molecule has 0 N–H and O–H groups in total. The predicted molar refractivity (Wildman–Crippen MR) is 108 cm³/mol. The number of carbonyl (C=O) groups excluding carboxylic acids is 2. The van der Waals surface area contributed by atoms with Gasteiger partial charge in [0, 0.05) is 18.5 Å². The van der Waals surface area contributed by atoms with Crippen LogP contribution in [0.15, 0.2) is 42.5 Å². The molecule has 1 aliphatic heterocycles. The Hall–Kier alpha value is -2.48. The van der Waals surface area contributed by atoms with Crippen molar-refractivity contribution in [2.45, 2.75) is 0 Å². The lowest BCUT2D eigenvalue weighted by atomic mass is 10.1. The number of nitrogens with zero attached hydrogens (tertiary/aromatic N) is 2. The molecule has 1 aliphatic rings. The molecule has 3 heterocycles. The van der Waals surface area contributed by atoms with Gasteiger partial charge in [-0.2, -0.15) is 0 Å². The molecule has 1 saturated heterocycles. The van der Waals surface area contributed by atoms with Gasteiger partial charge in [0.05, 0.1) is 39.2 Å². The number of halogens is 1. The predicted octanol–water partition coefficient (Wildman–Crippen LogP) is 3.63. The van der Waals surface area contributed by atoms with Gasteiger partial charge in [-0.05, 0) is 24.3 Å². The van der Waals surface area contributed by atoms with Crippen molar-refractivity contribution in [2.24, 2.45) is 0 Å². The van der Waals surface area contributed by atoms with Crippen LogP contribution < -0.4 is 0 Å². The quantitative estimate of drug-likeness (QED) is 0.607. The molecule has 0 bridgehead atoms. The molecule has 1 aromatic carbocycles. The Bertz CT molecular complexity index is 1030. The smallest absolute Gasteiger partial charge is 0.339 e. The number of aromatic nitrogens is 1. The summed E-state index contributed by atoms with van der Waals surface area (Å²) in [4.78, 5) is 32.1. The van der Waals surface area contributed by atoms with Gasteiger partial charge in [0.2, 0.25) is 0 Å². The van der Waals surface area contributed by atoms with Crippen LogP contribution in [0, 0.1) is 0 Å². The summed E-state index contributed by atoms with van der Waals surface area (Å²) < 4.78 is 11.2. The first-order valence-electron chi connectivity index (χ1n) is 8.80. The summed E-state index contributed by atoms with van der Waals surface area (Å²) in [5.74, 6) is -0.774. The van der Waals surface area contributed by atoms with Gasteiger partial charge in [-0.3, -0.25) is 4.79 Å². The maximum Gasteiger partial charge on any atom is 0.339 e. The summed E-state index contributed by atoms with van der Waals surface area (Å²) in [6, 6.07) is 12.7. The average Bonchev–Trinajstić information content (AvgIpc) is 3.18. The van der Waals surface area contributed by atoms with Crippen LogP contribution in [0.3, 0.4) is 0 Å². The summed E-state index contributed by atoms with van der Waals surface area (Å²) in [7, 11) is 0. The van der Waals surface area contributed by atoms with E-state index in [1.54, 1.807) is 17.0 Å². The summed E-state index contributed by atoms with van der Waals surface area (Å²) in [5.41, 5.74) is 1.69. The lowest BCUT2D eigenvalue weighted by molar-refractivity contribution is -0.138. The number of ether oxygens (including phenoxy) is 2. The number of para-hydroxylation sites is 1. The molecule has 0 aliphatic carbocycles. The van der Waals surface area contributed by atoms with E-state index < -0.39 is 5.97 Å². The van der Waals surface area contributed by atoms with E-state index >= 15 is 0 Å². The lowest BCUT2D eigenvalue weighted by Crippen LogP contribution is -2.42. The first-order valence-corrected chi connectivity index (χ1v) is 9.99. The molecular formula is C20H17ClN2O4S. The molecule has 144 valence electrons. The fourth-order valence-corrected chi connectivity index (χ4v) is 4.04. The van der Waals surface area contributed by atoms with E-state index in [0.717, 1.165) is 4.88 Å². The largest absolute Gasteiger partial charge is 0.452 e. The Morgan fingerprint density at radius 1 is 1.18 bits per heavy atom. The highest BCUT2D eigenvalue weighted by Gasteiger charge is 2.21. The Balaban J connectivity index is 1.59. The number of fused-ring (bicyclic) bond motifs is 1. The molecule has 0 atom stereocenters. The molecule has 0 saturated carbocycles. The average molecular weight is 417 g/mol. The Labute approximate surface area is 170 Å². The third-order valence-corrected chi connectivity index (χ3v) is 5.71. The minimum atomic E-state index is -0.552. The van der Waals surface area contributed by atoms with Gasteiger partial charge in [0.1, 0.15) is 0 Å². The number of thiophene rings is 1. The summed E-state index contributed by atoms with van der Waals surface area (Å²) >= 11 is 7.42. The highest BCUT2D eigenvalue weighted by Crippen LogP contribution is 2.32. The number of rotatable bonds is 4. The maximum atomic E-state index is 12.8. The zero-order valence-electron chi connectivity index (χ0n) is 14.9. The molecule has 8 heteroatoms. The van der Waals surface area contributed by atoms with Crippen LogP contribution in [0.2, 0.25) is 4.34 Å². The van der Waals surface area contributed by atoms with E-state index in [-0.39, 0.29) is 12.5 Å². The number of pyridine rings is 1. The van der Waals surface area contributed by atoms with Gasteiger partial charge >= 0.3 is 5.97 Å². The zero-order chi connectivity index (χ0) is 19.5. The van der Waals surface area contributed by atoms with E-state index in [1.165, 1.54) is 11.3 Å². The second-order valence-corrected chi connectivity index (χ2v) is 7.96. The van der Waals surface area contributed by atoms with Gasteiger partial charge in [-0.25, -0.2) is 9.78 Å². The lowest BCUT2D eigenvalue weighted by Gasteiger charge is -2.26. The van der Waals surface area contributed by atoms with Crippen LogP contribution in [0.4, 0.5) is 0 Å². The fourth-order valence-electron chi connectivity index (χ4n) is 3.03. The maximum absolute atomic E-state index is 12.8. The van der Waals surface area contributed by atoms with Crippen LogP contribution >= 0.6 is 22.9 Å². The molecule has 0 unspecified atom stereocenters. The van der Waals surface area contributed by atoms with E-state index in [4.69, 9.17) is 21.1 Å². The Morgan fingerprint density at radius 2 is 1.96 bits per heavy atom. The summed E-state index contributed by atoms with van der Waals surface area (Å²) in [5, 5.41) is 0.678. The number of hydrogen-bond donors (Lipinski definition) is 0. The van der Waals surface area contributed by atoms with Gasteiger partial charge in [-0.1, -0.05) is 29.8 Å². The Morgan fingerprint density at radius 3 is 2.71 bits per heavy atom. The topological polar surface area (TPSA) is 68.7 Å². The van der Waals surface area contributed by atoms with Crippen molar-refractivity contribution >= 4 is 45.7 Å². The Kier molecular flexibility index (Phi) is 5.57. The van der Waals surface area contributed by atoms with Crippen LogP contribution in [0.25, 0.3) is 21.5 Å². The number of esters is 1. The molecule has 0 spiro atoms. The molecule has 1 fully saturated rings. The number of carbonyl (C=O) groups is 2. The third kappa shape index (κ3) is 4.01. The minimum absolute atomic E-state index is 0.222. The van der Waals surface area contributed by atoms with E-state index in [1.807, 2.05) is 30.3 Å². The highest BCUT2D eigenvalue weighted by atomic mass is 35.5. The highest BCUT2D eigenvalue weighted by molar-refractivity contribution is 7.19. The molecule has 28 heavy (non-hydrogen) atoms. The van der Waals surface area contributed by atoms with Crippen molar-refractivity contribution < 1.29 is 19.1 Å². The van der Waals surface area contributed by atoms with Gasteiger partial charge in [0.15, 0.2) is 6.61 Å². The van der Waals surface area contributed by atoms with Gasteiger partial charge in [-0.15, -0.1) is 11.3 Å². The second kappa shape index (κ2) is 8.26. The van der Waals surface area contributed by atoms with Gasteiger partial charge < -0.3 is 14.4 Å². The minimum Gasteiger partial charge on any atom is -0.452 e. The second-order valence-electron chi connectivity index (χ2n) is 6.25. The number of amides is 1. The fraction of sp³-hybridized carbons (Fsp3) is 0.250. The van der Waals surface area contributed by atoms with Crippen molar-refractivity contribution in [2.75, 3.05) is 32.9 Å². The van der Waals surface area contributed by atoms with Gasteiger partial charge in [0.25, 0.3) is 5.91 Å². The normalized spacial score (nSPS) is 14.2. The van der Waals surface area contributed by atoms with Crippen molar-refractivity contribution in [3.63, 3.8) is 0 Å². The number of morpholine rings is 1. The van der Waals surface area contributed by atoms with Crippen LogP contribution in [0.5, 0.6) is 0 Å². The summed E-state index contributed by atoms with van der Waals surface area (Å²) in [6.07, 6.45) is 0. The SMILES string of the molecule is O=C(OCC(=O)N1CCOCC1)c1cc(-c2ccc(Cl)s2)nc2ccccc12. The van der Waals surface area contributed by atoms with Crippen LogP contribution in [-0.4, -0.2) is 54.7 Å². The molecular weight excluding hydrogens is 400 g/mol. The first kappa shape index (κ1) is 18.9. The first-order chi connectivity index (χ1) is 13.6. The zero-order valence-corrected chi connectivity index (χ0v) is 16.5. The van der Waals surface area contributed by atoms with Crippen molar-refractivity contribution in [1.82, 2.24) is 9.88 Å². The van der Waals surface area contributed by atoms with Crippen molar-refractivity contribution in [3.05, 3.63) is 52.4 Å². The molecule has 6 nitrogen and oxygen atoms in total. The van der Waals surface area contributed by atoms with Crippen LogP contribution in [-0.2, 0) is 14.3 Å². The molecule has 3 aromatic rings. The number of benzene rings is 1. The monoisotopic (exact) mass is 416 g/mol. The van der Waals surface area contributed by atoms with E-state index in [0.29, 0.717) is 52.8 Å². The molecule has 1 amide bonds. The van der Waals surface area contributed by atoms with Crippen molar-refractivity contribution in [1.29, 1.82) is 0 Å². The van der Waals surface area contributed by atoms with Crippen molar-refractivity contribution in [3.8, 4) is 10.6 Å². The molecule has 2 aromatic heterocycles. The molecule has 4 rings (SSSR count). The van der Waals surface area contributed by atoms with Crippen LogP contribution in [0.1, 0.15) is 10.4 Å². The summed E-state index contributed by atoms with van der Waals surface area (Å²) in [6.45, 7) is 1.73. The molecule has 0 radical (unpaired) electrons.